The molecular weight excluding hydrogens is 144 g/mol. The maximum atomic E-state index is 4.18. The fraction of sp³-hybridized carbons (Fsp3) is 0.714. The van der Waals surface area contributed by atoms with E-state index in [0.29, 0.717) is 0 Å². The normalized spacial score (nSPS) is 17.7. The van der Waals surface area contributed by atoms with Crippen LogP contribution < -0.4 is 0 Å². The molecule has 0 saturated heterocycles. The molecule has 0 atom stereocenters. The van der Waals surface area contributed by atoms with Crippen LogP contribution in [-0.2, 0) is 0 Å². The molecule has 0 N–H and O–H groups in total. The number of thioether (sulfide) groups is 1. The van der Waals surface area contributed by atoms with E-state index in [1.807, 2.05) is 6.21 Å². The predicted molar refractivity (Wildman–Crippen MR) is 48.1 cm³/mol. The van der Waals surface area contributed by atoms with Gasteiger partial charge in [0, 0.05) is 11.0 Å². The quantitative estimate of drug-likeness (QED) is 0.526. The van der Waals surface area contributed by atoms with E-state index in [-0.39, 0.29) is 4.75 Å². The second-order valence-corrected chi connectivity index (χ2v) is 4.94. The number of rotatable bonds is 0. The van der Waals surface area contributed by atoms with Gasteiger partial charge in [-0.15, -0.1) is 0 Å². The molecule has 56 valence electrons. The minimum atomic E-state index is 0.237. The van der Waals surface area contributed by atoms with Crippen molar-refractivity contribution in [3.8, 4) is 0 Å². The molecule has 0 aromatic carbocycles. The van der Waals surface area contributed by atoms with Gasteiger partial charge in [-0.1, -0.05) is 32.5 Å². The lowest BCUT2D eigenvalue weighted by atomic mass is 10.3. The standard InChI is InChI=1S/C7H12N2S/c1-7(2,3)10-6-8-4-5-9-6/h4H,5H2,1-3H3. The van der Waals surface area contributed by atoms with Gasteiger partial charge in [0.1, 0.15) is 0 Å². The first-order chi connectivity index (χ1) is 4.58. The Balaban J connectivity index is 2.46. The Bertz CT molecular complexity index is 177. The Morgan fingerprint density at radius 3 is 2.60 bits per heavy atom. The Hall–Kier alpha value is -0.310. The van der Waals surface area contributed by atoms with Gasteiger partial charge in [0.15, 0.2) is 5.17 Å². The largest absolute Gasteiger partial charge is 0.255 e. The van der Waals surface area contributed by atoms with Gasteiger partial charge >= 0.3 is 0 Å². The second kappa shape index (κ2) is 2.74. The van der Waals surface area contributed by atoms with Crippen LogP contribution in [0.4, 0.5) is 0 Å². The molecule has 10 heavy (non-hydrogen) atoms. The molecule has 0 fully saturated rings. The Morgan fingerprint density at radius 1 is 1.50 bits per heavy atom. The lowest BCUT2D eigenvalue weighted by molar-refractivity contribution is 0.808. The highest BCUT2D eigenvalue weighted by atomic mass is 32.2. The Morgan fingerprint density at radius 2 is 2.20 bits per heavy atom. The van der Waals surface area contributed by atoms with Gasteiger partial charge in [0.2, 0.25) is 0 Å². The van der Waals surface area contributed by atoms with E-state index in [0.717, 1.165) is 11.7 Å². The van der Waals surface area contributed by atoms with E-state index >= 15 is 0 Å². The van der Waals surface area contributed by atoms with Crippen LogP contribution in [-0.4, -0.2) is 22.7 Å². The van der Waals surface area contributed by atoms with Gasteiger partial charge in [-0.3, -0.25) is 4.99 Å². The Kier molecular flexibility index (Phi) is 2.14. The number of hydrogen-bond acceptors (Lipinski definition) is 3. The molecule has 1 aliphatic rings. The summed E-state index contributed by atoms with van der Waals surface area (Å²) in [6.07, 6.45) is 1.84. The zero-order valence-corrected chi connectivity index (χ0v) is 7.40. The summed E-state index contributed by atoms with van der Waals surface area (Å²) in [7, 11) is 0. The van der Waals surface area contributed by atoms with Gasteiger partial charge in [-0.25, -0.2) is 4.99 Å². The smallest absolute Gasteiger partial charge is 0.183 e. The van der Waals surface area contributed by atoms with Crippen LogP contribution >= 0.6 is 11.8 Å². The second-order valence-electron chi connectivity index (χ2n) is 3.15. The van der Waals surface area contributed by atoms with Crippen molar-refractivity contribution in [3.63, 3.8) is 0 Å². The zero-order valence-electron chi connectivity index (χ0n) is 6.59. The minimum absolute atomic E-state index is 0.237. The molecule has 0 saturated carbocycles. The maximum absolute atomic E-state index is 4.18. The summed E-state index contributed by atoms with van der Waals surface area (Å²) in [6.45, 7) is 7.24. The molecule has 0 bridgehead atoms. The molecular formula is C7H12N2S. The van der Waals surface area contributed by atoms with Crippen LogP contribution in [0.15, 0.2) is 9.98 Å². The molecule has 0 aliphatic carbocycles. The predicted octanol–water partition coefficient (Wildman–Crippen LogP) is 1.96. The van der Waals surface area contributed by atoms with Crippen LogP contribution in [0.2, 0.25) is 0 Å². The van der Waals surface area contributed by atoms with Gasteiger partial charge in [-0.2, -0.15) is 0 Å². The summed E-state index contributed by atoms with van der Waals surface area (Å²) in [6, 6.07) is 0. The van der Waals surface area contributed by atoms with Crippen LogP contribution in [0.5, 0.6) is 0 Å². The van der Waals surface area contributed by atoms with Crippen molar-refractivity contribution in [1.82, 2.24) is 0 Å². The van der Waals surface area contributed by atoms with Crippen molar-refractivity contribution >= 4 is 23.1 Å². The SMILES string of the molecule is CC(C)(C)SC1=NCC=N1. The average Bonchev–Trinajstić information content (AvgIpc) is 2.12. The molecule has 0 radical (unpaired) electrons. The lowest BCUT2D eigenvalue weighted by Crippen LogP contribution is -2.09. The molecule has 0 unspecified atom stereocenters. The van der Waals surface area contributed by atoms with Crippen LogP contribution in [0, 0.1) is 0 Å². The van der Waals surface area contributed by atoms with Crippen LogP contribution in [0.3, 0.4) is 0 Å². The lowest BCUT2D eigenvalue weighted by Gasteiger charge is -2.14. The number of hydrogen-bond donors (Lipinski definition) is 0. The van der Waals surface area contributed by atoms with E-state index in [4.69, 9.17) is 0 Å². The molecule has 0 spiro atoms. The highest BCUT2D eigenvalue weighted by Gasteiger charge is 2.15. The molecule has 3 heteroatoms. The summed E-state index contributed by atoms with van der Waals surface area (Å²) in [4.78, 5) is 8.29. The summed E-state index contributed by atoms with van der Waals surface area (Å²) >= 11 is 1.72. The first kappa shape index (κ1) is 7.79. The summed E-state index contributed by atoms with van der Waals surface area (Å²) in [5.74, 6) is 0. The van der Waals surface area contributed by atoms with E-state index in [1.165, 1.54) is 0 Å². The van der Waals surface area contributed by atoms with Gasteiger partial charge in [0.25, 0.3) is 0 Å². The summed E-state index contributed by atoms with van der Waals surface area (Å²) < 4.78 is 0.237. The topological polar surface area (TPSA) is 24.7 Å². The summed E-state index contributed by atoms with van der Waals surface area (Å²) in [5.41, 5.74) is 0. The van der Waals surface area contributed by atoms with Crippen LogP contribution in [0.1, 0.15) is 20.8 Å². The maximum Gasteiger partial charge on any atom is 0.183 e. The van der Waals surface area contributed by atoms with Crippen molar-refractivity contribution in [2.24, 2.45) is 9.98 Å². The van der Waals surface area contributed by atoms with Crippen LogP contribution in [0.25, 0.3) is 0 Å². The fourth-order valence-corrected chi connectivity index (χ4v) is 1.43. The number of nitrogens with zero attached hydrogens (tertiary/aromatic N) is 2. The molecule has 0 aromatic rings. The van der Waals surface area contributed by atoms with E-state index in [1.54, 1.807) is 11.8 Å². The van der Waals surface area contributed by atoms with Gasteiger partial charge in [0.05, 0.1) is 6.54 Å². The minimum Gasteiger partial charge on any atom is -0.255 e. The monoisotopic (exact) mass is 156 g/mol. The van der Waals surface area contributed by atoms with Gasteiger partial charge < -0.3 is 0 Å². The molecule has 0 aromatic heterocycles. The fourth-order valence-electron chi connectivity index (χ4n) is 0.611. The average molecular weight is 156 g/mol. The van der Waals surface area contributed by atoms with E-state index < -0.39 is 0 Å². The molecule has 1 heterocycles. The number of aliphatic imine (C=N–C) groups is 2. The van der Waals surface area contributed by atoms with Crippen molar-refractivity contribution in [1.29, 1.82) is 0 Å². The first-order valence-electron chi connectivity index (χ1n) is 3.34. The third kappa shape index (κ3) is 2.52. The summed E-state index contributed by atoms with van der Waals surface area (Å²) in [5, 5.41) is 0.924. The van der Waals surface area contributed by atoms with E-state index in [9.17, 15) is 0 Å². The first-order valence-corrected chi connectivity index (χ1v) is 4.15. The molecule has 2 nitrogen and oxygen atoms in total. The van der Waals surface area contributed by atoms with Crippen molar-refractivity contribution in [2.75, 3.05) is 6.54 Å². The Labute approximate surface area is 65.8 Å². The zero-order chi connectivity index (χ0) is 7.61. The molecule has 1 rings (SSSR count). The number of amidine groups is 1. The third-order valence-electron chi connectivity index (χ3n) is 0.907. The molecule has 1 aliphatic heterocycles. The van der Waals surface area contributed by atoms with Crippen molar-refractivity contribution < 1.29 is 0 Å². The van der Waals surface area contributed by atoms with Crippen molar-refractivity contribution in [2.45, 2.75) is 25.5 Å². The molecule has 0 amide bonds. The highest BCUT2D eigenvalue weighted by molar-refractivity contribution is 8.15. The highest BCUT2D eigenvalue weighted by Crippen LogP contribution is 2.25. The van der Waals surface area contributed by atoms with Crippen molar-refractivity contribution in [3.05, 3.63) is 0 Å². The van der Waals surface area contributed by atoms with E-state index in [2.05, 4.69) is 30.8 Å². The van der Waals surface area contributed by atoms with Gasteiger partial charge in [-0.05, 0) is 0 Å². The third-order valence-corrected chi connectivity index (χ3v) is 1.94.